The van der Waals surface area contributed by atoms with Crippen molar-refractivity contribution in [1.29, 1.82) is 5.26 Å². The SMILES string of the molecule is CCCC[P+](CC#N)(CCCC)CCCC.[I-]. The molecule has 102 valence electrons. The van der Waals surface area contributed by atoms with Crippen molar-refractivity contribution in [2.45, 2.75) is 59.3 Å². The number of unbranched alkanes of at least 4 members (excludes halogenated alkanes) is 3. The fraction of sp³-hybridized carbons (Fsp3) is 0.929. The van der Waals surface area contributed by atoms with E-state index in [1.165, 1.54) is 57.0 Å². The summed E-state index contributed by atoms with van der Waals surface area (Å²) >= 11 is 0. The molecule has 0 rings (SSSR count). The highest BCUT2D eigenvalue weighted by molar-refractivity contribution is 7.76. The van der Waals surface area contributed by atoms with Crippen LogP contribution in [0.1, 0.15) is 59.3 Å². The van der Waals surface area contributed by atoms with E-state index in [9.17, 15) is 0 Å². The molecule has 0 bridgehead atoms. The van der Waals surface area contributed by atoms with E-state index in [0.29, 0.717) is 0 Å². The first-order chi connectivity index (χ1) is 7.74. The highest BCUT2D eigenvalue weighted by atomic mass is 127. The van der Waals surface area contributed by atoms with Gasteiger partial charge in [0, 0.05) is 7.26 Å². The van der Waals surface area contributed by atoms with Crippen LogP contribution < -0.4 is 24.0 Å². The van der Waals surface area contributed by atoms with Crippen LogP contribution in [-0.2, 0) is 0 Å². The van der Waals surface area contributed by atoms with Crippen molar-refractivity contribution in [2.75, 3.05) is 24.6 Å². The first-order valence-corrected chi connectivity index (χ1v) is 9.49. The minimum absolute atomic E-state index is 0. The molecule has 0 saturated carbocycles. The van der Waals surface area contributed by atoms with Crippen molar-refractivity contribution < 1.29 is 24.0 Å². The Bertz CT molecular complexity index is 179. The molecule has 17 heavy (non-hydrogen) atoms. The van der Waals surface area contributed by atoms with E-state index in [1.807, 2.05) is 0 Å². The second-order valence-corrected chi connectivity index (χ2v) is 9.23. The Kier molecular flexibility index (Phi) is 15.4. The van der Waals surface area contributed by atoms with E-state index in [1.54, 1.807) is 0 Å². The van der Waals surface area contributed by atoms with Crippen molar-refractivity contribution in [1.82, 2.24) is 0 Å². The summed E-state index contributed by atoms with van der Waals surface area (Å²) < 4.78 is 0. The predicted molar refractivity (Wildman–Crippen MR) is 76.7 cm³/mol. The van der Waals surface area contributed by atoms with Crippen LogP contribution in [0.4, 0.5) is 0 Å². The molecule has 0 spiro atoms. The number of hydrogen-bond donors (Lipinski definition) is 0. The van der Waals surface area contributed by atoms with Gasteiger partial charge in [0.05, 0.1) is 18.5 Å². The lowest BCUT2D eigenvalue weighted by Gasteiger charge is -2.25. The summed E-state index contributed by atoms with van der Waals surface area (Å²) in [7, 11) is -0.907. The molecule has 0 unspecified atom stereocenters. The summed E-state index contributed by atoms with van der Waals surface area (Å²) in [6, 6.07) is 2.48. The van der Waals surface area contributed by atoms with Crippen LogP contribution >= 0.6 is 7.26 Å². The molecule has 0 aromatic heterocycles. The van der Waals surface area contributed by atoms with Gasteiger partial charge in [-0.15, -0.1) is 0 Å². The number of hydrogen-bond acceptors (Lipinski definition) is 1. The fourth-order valence-electron chi connectivity index (χ4n) is 2.20. The Morgan fingerprint density at radius 1 is 0.824 bits per heavy atom. The Morgan fingerprint density at radius 3 is 1.41 bits per heavy atom. The molecule has 0 saturated heterocycles. The molecule has 0 heterocycles. The molecule has 0 N–H and O–H groups in total. The third-order valence-corrected chi connectivity index (χ3v) is 7.97. The molecular weight excluding hydrogens is 340 g/mol. The Balaban J connectivity index is 0. The number of nitriles is 1. The van der Waals surface area contributed by atoms with Crippen LogP contribution in [-0.4, -0.2) is 24.6 Å². The third kappa shape index (κ3) is 9.25. The lowest BCUT2D eigenvalue weighted by Crippen LogP contribution is -3.00. The van der Waals surface area contributed by atoms with Crippen LogP contribution in [0.25, 0.3) is 0 Å². The van der Waals surface area contributed by atoms with Crippen molar-refractivity contribution >= 4 is 7.26 Å². The molecule has 0 aliphatic carbocycles. The molecule has 0 radical (unpaired) electrons. The molecule has 0 aliphatic rings. The summed E-state index contributed by atoms with van der Waals surface area (Å²) in [5, 5.41) is 9.08. The quantitative estimate of drug-likeness (QED) is 0.427. The van der Waals surface area contributed by atoms with Crippen LogP contribution in [0, 0.1) is 11.3 Å². The van der Waals surface area contributed by atoms with Crippen molar-refractivity contribution in [3.63, 3.8) is 0 Å². The van der Waals surface area contributed by atoms with E-state index >= 15 is 0 Å². The molecule has 0 atom stereocenters. The van der Waals surface area contributed by atoms with Gasteiger partial charge in [0.2, 0.25) is 0 Å². The van der Waals surface area contributed by atoms with Gasteiger partial charge in [-0.2, -0.15) is 5.26 Å². The standard InChI is InChI=1S/C14H29NP.HI/c1-4-7-11-16(14-10-15,12-8-5-2)13-9-6-3;/h4-9,11-14H2,1-3H3;1H/q+1;/p-1. The van der Waals surface area contributed by atoms with Gasteiger partial charge in [-0.3, -0.25) is 0 Å². The van der Waals surface area contributed by atoms with Crippen LogP contribution in [0.2, 0.25) is 0 Å². The molecule has 3 heteroatoms. The Hall–Kier alpha value is 0.650. The zero-order valence-electron chi connectivity index (χ0n) is 11.8. The second kappa shape index (κ2) is 13.1. The highest BCUT2D eigenvalue weighted by Crippen LogP contribution is 2.60. The minimum Gasteiger partial charge on any atom is -1.00 e. The molecule has 0 amide bonds. The van der Waals surface area contributed by atoms with Crippen LogP contribution in [0.5, 0.6) is 0 Å². The first-order valence-electron chi connectivity index (χ1n) is 6.96. The van der Waals surface area contributed by atoms with Gasteiger partial charge >= 0.3 is 0 Å². The maximum Gasteiger partial charge on any atom is 0.144 e. The summed E-state index contributed by atoms with van der Waals surface area (Å²) in [6.07, 6.45) is 12.9. The molecule has 1 nitrogen and oxygen atoms in total. The van der Waals surface area contributed by atoms with Crippen molar-refractivity contribution in [3.8, 4) is 6.07 Å². The lowest BCUT2D eigenvalue weighted by atomic mass is 10.4. The van der Waals surface area contributed by atoms with Crippen molar-refractivity contribution in [2.24, 2.45) is 0 Å². The van der Waals surface area contributed by atoms with E-state index < -0.39 is 7.26 Å². The summed E-state index contributed by atoms with van der Waals surface area (Å²) in [6.45, 7) is 6.79. The Labute approximate surface area is 126 Å². The average molecular weight is 369 g/mol. The lowest BCUT2D eigenvalue weighted by molar-refractivity contribution is -0.00000399. The normalized spacial score (nSPS) is 10.7. The van der Waals surface area contributed by atoms with E-state index in [-0.39, 0.29) is 24.0 Å². The van der Waals surface area contributed by atoms with E-state index in [4.69, 9.17) is 5.26 Å². The summed E-state index contributed by atoms with van der Waals surface area (Å²) in [4.78, 5) is 0. The van der Waals surface area contributed by atoms with Gasteiger partial charge in [0.1, 0.15) is 12.2 Å². The second-order valence-electron chi connectivity index (χ2n) is 4.89. The highest BCUT2D eigenvalue weighted by Gasteiger charge is 2.34. The van der Waals surface area contributed by atoms with Gasteiger partial charge in [-0.1, -0.05) is 40.0 Å². The monoisotopic (exact) mass is 369 g/mol. The Morgan fingerprint density at radius 2 is 1.18 bits per heavy atom. The zero-order valence-corrected chi connectivity index (χ0v) is 14.9. The molecule has 0 aromatic rings. The molecular formula is C14H29INP. The van der Waals surface area contributed by atoms with E-state index in [0.717, 1.165) is 6.16 Å². The van der Waals surface area contributed by atoms with Gasteiger partial charge in [-0.25, -0.2) is 0 Å². The van der Waals surface area contributed by atoms with E-state index in [2.05, 4.69) is 26.8 Å². The van der Waals surface area contributed by atoms with Gasteiger partial charge < -0.3 is 24.0 Å². The maximum atomic E-state index is 9.08. The van der Waals surface area contributed by atoms with Gasteiger partial charge in [-0.05, 0) is 19.3 Å². The zero-order chi connectivity index (χ0) is 12.3. The average Bonchev–Trinajstić information content (AvgIpc) is 2.31. The minimum atomic E-state index is -0.907. The predicted octanol–water partition coefficient (Wildman–Crippen LogP) is 1.93. The molecule has 0 aliphatic heterocycles. The maximum absolute atomic E-state index is 9.08. The van der Waals surface area contributed by atoms with Gasteiger partial charge in [0.15, 0.2) is 0 Å². The van der Waals surface area contributed by atoms with Crippen LogP contribution in [0.3, 0.4) is 0 Å². The third-order valence-electron chi connectivity index (χ3n) is 3.36. The first kappa shape index (κ1) is 20.0. The molecule has 0 fully saturated rings. The largest absolute Gasteiger partial charge is 1.00 e. The van der Waals surface area contributed by atoms with Crippen molar-refractivity contribution in [3.05, 3.63) is 0 Å². The van der Waals surface area contributed by atoms with Crippen LogP contribution in [0.15, 0.2) is 0 Å². The topological polar surface area (TPSA) is 23.8 Å². The number of halogens is 1. The smallest absolute Gasteiger partial charge is 0.144 e. The number of rotatable bonds is 10. The fourth-order valence-corrected chi connectivity index (χ4v) is 6.61. The number of nitrogens with zero attached hydrogens (tertiary/aromatic N) is 1. The summed E-state index contributed by atoms with van der Waals surface area (Å²) in [5.74, 6) is 0. The van der Waals surface area contributed by atoms with Gasteiger partial charge in [0.25, 0.3) is 0 Å². The molecule has 0 aromatic carbocycles. The summed E-state index contributed by atoms with van der Waals surface area (Å²) in [5.41, 5.74) is 0.